The average Bonchev–Trinajstić information content (AvgIpc) is 2.58. The fraction of sp³-hybridized carbons (Fsp3) is 0.105. The molecule has 25 heavy (non-hydrogen) atoms. The lowest BCUT2D eigenvalue weighted by atomic mass is 10.1. The van der Waals surface area contributed by atoms with Gasteiger partial charge < -0.3 is 4.74 Å². The Labute approximate surface area is 154 Å². The molecule has 0 aliphatic rings. The van der Waals surface area contributed by atoms with Crippen molar-refractivity contribution in [2.75, 3.05) is 6.61 Å². The van der Waals surface area contributed by atoms with Crippen LogP contribution in [0.15, 0.2) is 48.5 Å². The van der Waals surface area contributed by atoms with Gasteiger partial charge in [-0.3, -0.25) is 9.78 Å². The van der Waals surface area contributed by atoms with Gasteiger partial charge in [0.05, 0.1) is 16.1 Å². The van der Waals surface area contributed by atoms with Gasteiger partial charge in [0.1, 0.15) is 0 Å². The highest BCUT2D eigenvalue weighted by Gasteiger charge is 2.17. The minimum Gasteiger partial charge on any atom is -0.454 e. The molecule has 0 unspecified atom stereocenters. The summed E-state index contributed by atoms with van der Waals surface area (Å²) in [5, 5.41) is 1.33. The summed E-state index contributed by atoms with van der Waals surface area (Å²) in [5.41, 5.74) is 2.02. The monoisotopic (exact) mass is 373 g/mol. The third kappa shape index (κ3) is 3.81. The van der Waals surface area contributed by atoms with E-state index in [1.165, 1.54) is 12.1 Å². The maximum absolute atomic E-state index is 12.4. The van der Waals surface area contributed by atoms with Gasteiger partial charge in [-0.05, 0) is 37.3 Å². The van der Waals surface area contributed by atoms with E-state index < -0.39 is 18.4 Å². The number of ketones is 1. The van der Waals surface area contributed by atoms with E-state index in [0.717, 1.165) is 0 Å². The molecule has 0 spiro atoms. The molecule has 3 aromatic rings. The number of rotatable bonds is 4. The predicted molar refractivity (Wildman–Crippen MR) is 97.6 cm³/mol. The van der Waals surface area contributed by atoms with Crippen molar-refractivity contribution in [2.45, 2.75) is 6.92 Å². The first-order valence-electron chi connectivity index (χ1n) is 7.47. The maximum atomic E-state index is 12.4. The molecule has 0 saturated heterocycles. The summed E-state index contributed by atoms with van der Waals surface area (Å²) in [6.45, 7) is 1.39. The molecule has 0 aliphatic heterocycles. The highest BCUT2D eigenvalue weighted by Crippen LogP contribution is 2.22. The van der Waals surface area contributed by atoms with E-state index in [1.807, 2.05) is 18.2 Å². The van der Waals surface area contributed by atoms with Crippen LogP contribution in [0.4, 0.5) is 0 Å². The van der Waals surface area contributed by atoms with Gasteiger partial charge in [0.15, 0.2) is 6.61 Å². The molecular formula is C19H13Cl2NO3. The lowest BCUT2D eigenvalue weighted by Gasteiger charge is -2.09. The molecule has 0 bridgehead atoms. The molecule has 0 N–H and O–H groups in total. The molecule has 1 heterocycles. The van der Waals surface area contributed by atoms with E-state index >= 15 is 0 Å². The number of fused-ring (bicyclic) bond motifs is 1. The van der Waals surface area contributed by atoms with Gasteiger partial charge >= 0.3 is 5.97 Å². The Morgan fingerprint density at radius 2 is 1.80 bits per heavy atom. The molecule has 1 aromatic heterocycles. The second-order valence-electron chi connectivity index (χ2n) is 5.45. The van der Waals surface area contributed by atoms with E-state index in [2.05, 4.69) is 4.98 Å². The number of hydrogen-bond acceptors (Lipinski definition) is 4. The molecule has 0 radical (unpaired) electrons. The number of halogens is 2. The van der Waals surface area contributed by atoms with Crippen molar-refractivity contribution in [2.24, 2.45) is 0 Å². The first kappa shape index (κ1) is 17.4. The standard InChI is InChI=1S/C19H13Cl2NO3/c1-11-8-15(13-4-2-3-5-17(13)22-11)19(24)25-10-18(23)14-7-6-12(20)9-16(14)21/h2-9H,10H2,1H3. The first-order chi connectivity index (χ1) is 12.0. The zero-order chi connectivity index (χ0) is 18.0. The van der Waals surface area contributed by atoms with Gasteiger partial charge in [-0.15, -0.1) is 0 Å². The van der Waals surface area contributed by atoms with Gasteiger partial charge in [0.2, 0.25) is 5.78 Å². The fourth-order valence-electron chi connectivity index (χ4n) is 2.48. The van der Waals surface area contributed by atoms with Crippen molar-refractivity contribution in [3.05, 3.63) is 75.4 Å². The van der Waals surface area contributed by atoms with E-state index in [1.54, 1.807) is 25.1 Å². The van der Waals surface area contributed by atoms with Crippen LogP contribution in [0.3, 0.4) is 0 Å². The number of hydrogen-bond donors (Lipinski definition) is 0. The number of carbonyl (C=O) groups excluding carboxylic acids is 2. The van der Waals surface area contributed by atoms with Crippen molar-refractivity contribution in [1.29, 1.82) is 0 Å². The number of esters is 1. The van der Waals surface area contributed by atoms with E-state index in [-0.39, 0.29) is 10.6 Å². The molecule has 0 fully saturated rings. The Morgan fingerprint density at radius 3 is 2.56 bits per heavy atom. The second kappa shape index (κ2) is 7.21. The minimum atomic E-state index is -0.583. The van der Waals surface area contributed by atoms with Crippen molar-refractivity contribution >= 4 is 45.9 Å². The van der Waals surface area contributed by atoms with E-state index in [9.17, 15) is 9.59 Å². The SMILES string of the molecule is Cc1cc(C(=O)OCC(=O)c2ccc(Cl)cc2Cl)c2ccccc2n1. The molecular weight excluding hydrogens is 361 g/mol. The van der Waals surface area contributed by atoms with Crippen LogP contribution in [-0.2, 0) is 4.74 Å². The second-order valence-corrected chi connectivity index (χ2v) is 6.30. The van der Waals surface area contributed by atoms with Crippen LogP contribution in [0.5, 0.6) is 0 Å². The molecule has 6 heteroatoms. The maximum Gasteiger partial charge on any atom is 0.339 e. The Bertz CT molecular complexity index is 986. The lowest BCUT2D eigenvalue weighted by molar-refractivity contribution is 0.0476. The number of aryl methyl sites for hydroxylation is 1. The summed E-state index contributed by atoms with van der Waals surface area (Å²) in [7, 11) is 0. The average molecular weight is 374 g/mol. The molecule has 0 atom stereocenters. The number of pyridine rings is 1. The third-order valence-electron chi connectivity index (χ3n) is 3.63. The fourth-order valence-corrected chi connectivity index (χ4v) is 2.99. The summed E-state index contributed by atoms with van der Waals surface area (Å²) in [6.07, 6.45) is 0. The smallest absolute Gasteiger partial charge is 0.339 e. The summed E-state index contributed by atoms with van der Waals surface area (Å²) in [5.74, 6) is -0.981. The van der Waals surface area contributed by atoms with Crippen molar-refractivity contribution in [3.63, 3.8) is 0 Å². The first-order valence-corrected chi connectivity index (χ1v) is 8.23. The van der Waals surface area contributed by atoms with Crippen LogP contribution < -0.4 is 0 Å². The van der Waals surface area contributed by atoms with Crippen LogP contribution in [0.1, 0.15) is 26.4 Å². The predicted octanol–water partition coefficient (Wildman–Crippen LogP) is 4.89. The molecule has 3 rings (SSSR count). The highest BCUT2D eigenvalue weighted by atomic mass is 35.5. The topological polar surface area (TPSA) is 56.3 Å². The van der Waals surface area contributed by atoms with Crippen molar-refractivity contribution in [3.8, 4) is 0 Å². The molecule has 0 saturated carbocycles. The van der Waals surface area contributed by atoms with Crippen LogP contribution in [-0.4, -0.2) is 23.3 Å². The number of aromatic nitrogens is 1. The van der Waals surface area contributed by atoms with Crippen molar-refractivity contribution < 1.29 is 14.3 Å². The van der Waals surface area contributed by atoms with Crippen LogP contribution in [0, 0.1) is 6.92 Å². The van der Waals surface area contributed by atoms with Crippen LogP contribution in [0.25, 0.3) is 10.9 Å². The highest BCUT2D eigenvalue weighted by molar-refractivity contribution is 6.36. The Morgan fingerprint density at radius 1 is 1.04 bits per heavy atom. The Hall–Kier alpha value is -2.43. The number of para-hydroxylation sites is 1. The molecule has 126 valence electrons. The van der Waals surface area contributed by atoms with Gasteiger partial charge in [0.25, 0.3) is 0 Å². The van der Waals surface area contributed by atoms with Gasteiger partial charge in [0, 0.05) is 21.7 Å². The Balaban J connectivity index is 1.80. The van der Waals surface area contributed by atoms with Gasteiger partial charge in [-0.2, -0.15) is 0 Å². The summed E-state index contributed by atoms with van der Waals surface area (Å²) < 4.78 is 5.18. The Kier molecular flexibility index (Phi) is 5.02. The van der Waals surface area contributed by atoms with Gasteiger partial charge in [-0.1, -0.05) is 41.4 Å². The van der Waals surface area contributed by atoms with Crippen molar-refractivity contribution in [1.82, 2.24) is 4.98 Å². The molecule has 2 aromatic carbocycles. The van der Waals surface area contributed by atoms with Crippen LogP contribution in [0.2, 0.25) is 10.0 Å². The van der Waals surface area contributed by atoms with Gasteiger partial charge in [-0.25, -0.2) is 4.79 Å². The summed E-state index contributed by atoms with van der Waals surface area (Å²) in [6, 6.07) is 13.4. The lowest BCUT2D eigenvalue weighted by Crippen LogP contribution is -2.15. The number of benzene rings is 2. The number of carbonyl (C=O) groups is 2. The summed E-state index contributed by atoms with van der Waals surface area (Å²) >= 11 is 11.8. The number of Topliss-reactive ketones (excluding diaryl/α,β-unsaturated/α-hetero) is 1. The van der Waals surface area contributed by atoms with E-state index in [4.69, 9.17) is 27.9 Å². The number of nitrogens with zero attached hydrogens (tertiary/aromatic N) is 1. The molecule has 4 nitrogen and oxygen atoms in total. The molecule has 0 amide bonds. The zero-order valence-electron chi connectivity index (χ0n) is 13.3. The number of ether oxygens (including phenoxy) is 1. The third-order valence-corrected chi connectivity index (χ3v) is 4.18. The minimum absolute atomic E-state index is 0.221. The molecule has 0 aliphatic carbocycles. The van der Waals surface area contributed by atoms with Crippen LogP contribution >= 0.6 is 23.2 Å². The zero-order valence-corrected chi connectivity index (χ0v) is 14.8. The summed E-state index contributed by atoms with van der Waals surface area (Å²) in [4.78, 5) is 29.0. The normalized spacial score (nSPS) is 10.7. The van der Waals surface area contributed by atoms with E-state index in [0.29, 0.717) is 27.2 Å². The quantitative estimate of drug-likeness (QED) is 0.482. The largest absolute Gasteiger partial charge is 0.454 e.